The Morgan fingerprint density at radius 3 is 2.56 bits per heavy atom. The molecule has 1 rings (SSSR count). The molecule has 0 saturated carbocycles. The van der Waals surface area contributed by atoms with Gasteiger partial charge in [0.2, 0.25) is 5.91 Å². The van der Waals surface area contributed by atoms with Gasteiger partial charge in [-0.1, -0.05) is 37.6 Å². The van der Waals surface area contributed by atoms with Crippen molar-refractivity contribution in [3.63, 3.8) is 0 Å². The Balaban J connectivity index is 2.85. The standard InChI is InChI=1S/C12H17ClN2O/c1-7(2)10(14)12(16)15-11-8(3)5-4-6-9(11)13/h4-7,10H,14H2,1-3H3,(H,15,16)/t10-/m0/s1. The molecule has 0 aliphatic rings. The number of hydrogen-bond donors (Lipinski definition) is 2. The molecule has 1 atom stereocenters. The fourth-order valence-electron chi connectivity index (χ4n) is 1.30. The Bertz CT molecular complexity index is 370. The van der Waals surface area contributed by atoms with Crippen LogP contribution in [0.4, 0.5) is 5.69 Å². The molecule has 88 valence electrons. The molecular formula is C12H17ClN2O. The third-order valence-corrected chi connectivity index (χ3v) is 2.81. The fraction of sp³-hybridized carbons (Fsp3) is 0.417. The van der Waals surface area contributed by atoms with E-state index in [-0.39, 0.29) is 11.8 Å². The molecule has 0 heterocycles. The minimum absolute atomic E-state index is 0.0998. The maximum absolute atomic E-state index is 11.8. The van der Waals surface area contributed by atoms with Crippen LogP contribution in [-0.4, -0.2) is 11.9 Å². The molecule has 0 radical (unpaired) electrons. The SMILES string of the molecule is Cc1cccc(Cl)c1NC(=O)[C@@H](N)C(C)C. The minimum Gasteiger partial charge on any atom is -0.323 e. The Kier molecular flexibility index (Phi) is 4.33. The van der Waals surface area contributed by atoms with E-state index < -0.39 is 6.04 Å². The number of benzene rings is 1. The van der Waals surface area contributed by atoms with Crippen LogP contribution < -0.4 is 11.1 Å². The van der Waals surface area contributed by atoms with E-state index in [4.69, 9.17) is 17.3 Å². The number of amides is 1. The zero-order valence-electron chi connectivity index (χ0n) is 9.75. The van der Waals surface area contributed by atoms with Gasteiger partial charge in [0.15, 0.2) is 0 Å². The van der Waals surface area contributed by atoms with Crippen molar-refractivity contribution in [2.45, 2.75) is 26.8 Å². The quantitative estimate of drug-likeness (QED) is 0.853. The molecule has 1 aromatic carbocycles. The average molecular weight is 241 g/mol. The van der Waals surface area contributed by atoms with Gasteiger partial charge in [-0.15, -0.1) is 0 Å². The topological polar surface area (TPSA) is 55.1 Å². The predicted molar refractivity (Wildman–Crippen MR) is 67.6 cm³/mol. The highest BCUT2D eigenvalue weighted by Gasteiger charge is 2.18. The van der Waals surface area contributed by atoms with Gasteiger partial charge in [0.1, 0.15) is 0 Å². The van der Waals surface area contributed by atoms with Gasteiger partial charge in [-0.25, -0.2) is 0 Å². The molecule has 1 aromatic rings. The van der Waals surface area contributed by atoms with Crippen LogP contribution in [0.5, 0.6) is 0 Å². The zero-order chi connectivity index (χ0) is 12.3. The molecule has 0 bridgehead atoms. The van der Waals surface area contributed by atoms with Gasteiger partial charge >= 0.3 is 0 Å². The van der Waals surface area contributed by atoms with E-state index in [1.54, 1.807) is 6.07 Å². The number of halogens is 1. The van der Waals surface area contributed by atoms with Crippen LogP contribution in [0.1, 0.15) is 19.4 Å². The number of anilines is 1. The first kappa shape index (κ1) is 13.0. The number of nitrogens with one attached hydrogen (secondary N) is 1. The molecule has 0 spiro atoms. The van der Waals surface area contributed by atoms with Crippen molar-refractivity contribution in [1.29, 1.82) is 0 Å². The van der Waals surface area contributed by atoms with Crippen LogP contribution in [0.2, 0.25) is 5.02 Å². The Morgan fingerprint density at radius 2 is 2.06 bits per heavy atom. The average Bonchev–Trinajstić information content (AvgIpc) is 2.22. The third kappa shape index (κ3) is 2.97. The molecule has 0 saturated heterocycles. The van der Waals surface area contributed by atoms with Gasteiger partial charge in [-0.2, -0.15) is 0 Å². The Morgan fingerprint density at radius 1 is 1.44 bits per heavy atom. The number of para-hydroxylation sites is 1. The van der Waals surface area contributed by atoms with Crippen LogP contribution in [-0.2, 0) is 4.79 Å². The molecule has 0 aromatic heterocycles. The molecule has 0 aliphatic carbocycles. The fourth-order valence-corrected chi connectivity index (χ4v) is 1.57. The highest BCUT2D eigenvalue weighted by atomic mass is 35.5. The Hall–Kier alpha value is -1.06. The van der Waals surface area contributed by atoms with E-state index in [1.165, 1.54) is 0 Å². The lowest BCUT2D eigenvalue weighted by molar-refractivity contribution is -0.118. The second-order valence-corrected chi connectivity index (χ2v) is 4.60. The van der Waals surface area contributed by atoms with Crippen molar-refractivity contribution in [2.24, 2.45) is 11.7 Å². The van der Waals surface area contributed by atoms with Crippen LogP contribution in [0.25, 0.3) is 0 Å². The largest absolute Gasteiger partial charge is 0.323 e. The van der Waals surface area contributed by atoms with Crippen LogP contribution >= 0.6 is 11.6 Å². The lowest BCUT2D eigenvalue weighted by Gasteiger charge is -2.17. The van der Waals surface area contributed by atoms with Gasteiger partial charge in [-0.3, -0.25) is 4.79 Å². The number of nitrogens with two attached hydrogens (primary N) is 1. The molecular weight excluding hydrogens is 224 g/mol. The number of aryl methyl sites for hydroxylation is 1. The molecule has 4 heteroatoms. The van der Waals surface area contributed by atoms with Crippen LogP contribution in [0, 0.1) is 12.8 Å². The predicted octanol–water partition coefficient (Wildman–Crippen LogP) is 2.57. The maximum atomic E-state index is 11.8. The molecule has 3 N–H and O–H groups in total. The van der Waals surface area contributed by atoms with Crippen molar-refractivity contribution >= 4 is 23.2 Å². The first-order valence-corrected chi connectivity index (χ1v) is 5.63. The smallest absolute Gasteiger partial charge is 0.241 e. The molecule has 0 unspecified atom stereocenters. The molecule has 16 heavy (non-hydrogen) atoms. The zero-order valence-corrected chi connectivity index (χ0v) is 10.5. The summed E-state index contributed by atoms with van der Waals surface area (Å²) >= 11 is 6.00. The first-order chi connectivity index (χ1) is 7.43. The lowest BCUT2D eigenvalue weighted by atomic mass is 10.0. The van der Waals surface area contributed by atoms with Gasteiger partial charge in [0.25, 0.3) is 0 Å². The van der Waals surface area contributed by atoms with Crippen molar-refractivity contribution in [2.75, 3.05) is 5.32 Å². The summed E-state index contributed by atoms with van der Waals surface area (Å²) < 4.78 is 0. The van der Waals surface area contributed by atoms with E-state index in [0.717, 1.165) is 5.56 Å². The highest BCUT2D eigenvalue weighted by molar-refractivity contribution is 6.34. The normalized spacial score (nSPS) is 12.6. The summed E-state index contributed by atoms with van der Waals surface area (Å²) in [7, 11) is 0. The first-order valence-electron chi connectivity index (χ1n) is 5.25. The summed E-state index contributed by atoms with van der Waals surface area (Å²) in [6.07, 6.45) is 0. The second-order valence-electron chi connectivity index (χ2n) is 4.19. The van der Waals surface area contributed by atoms with Gasteiger partial charge in [0, 0.05) is 0 Å². The highest BCUT2D eigenvalue weighted by Crippen LogP contribution is 2.25. The van der Waals surface area contributed by atoms with E-state index in [2.05, 4.69) is 5.32 Å². The van der Waals surface area contributed by atoms with Crippen molar-refractivity contribution in [1.82, 2.24) is 0 Å². The van der Waals surface area contributed by atoms with Crippen LogP contribution in [0.15, 0.2) is 18.2 Å². The molecule has 0 aliphatic heterocycles. The molecule has 3 nitrogen and oxygen atoms in total. The molecule has 1 amide bonds. The lowest BCUT2D eigenvalue weighted by Crippen LogP contribution is -2.39. The van der Waals surface area contributed by atoms with E-state index in [1.807, 2.05) is 32.9 Å². The van der Waals surface area contributed by atoms with Gasteiger partial charge in [-0.05, 0) is 24.5 Å². The summed E-state index contributed by atoms with van der Waals surface area (Å²) in [6, 6.07) is 4.96. The third-order valence-electron chi connectivity index (χ3n) is 2.49. The maximum Gasteiger partial charge on any atom is 0.241 e. The summed E-state index contributed by atoms with van der Waals surface area (Å²) in [6.45, 7) is 5.70. The second kappa shape index (κ2) is 5.32. The van der Waals surface area contributed by atoms with Crippen molar-refractivity contribution in [3.8, 4) is 0 Å². The Labute approximate surface area is 101 Å². The van der Waals surface area contributed by atoms with Gasteiger partial charge < -0.3 is 11.1 Å². The van der Waals surface area contributed by atoms with Crippen molar-refractivity contribution in [3.05, 3.63) is 28.8 Å². The summed E-state index contributed by atoms with van der Waals surface area (Å²) in [5.74, 6) is -0.103. The monoisotopic (exact) mass is 240 g/mol. The van der Waals surface area contributed by atoms with Crippen LogP contribution in [0.3, 0.4) is 0 Å². The van der Waals surface area contributed by atoms with Gasteiger partial charge in [0.05, 0.1) is 16.8 Å². The number of carbonyl (C=O) groups is 1. The van der Waals surface area contributed by atoms with E-state index in [9.17, 15) is 4.79 Å². The summed E-state index contributed by atoms with van der Waals surface area (Å²) in [4.78, 5) is 11.8. The number of hydrogen-bond acceptors (Lipinski definition) is 2. The summed E-state index contributed by atoms with van der Waals surface area (Å²) in [5.41, 5.74) is 7.32. The van der Waals surface area contributed by atoms with E-state index in [0.29, 0.717) is 10.7 Å². The summed E-state index contributed by atoms with van der Waals surface area (Å²) in [5, 5.41) is 3.30. The number of rotatable bonds is 3. The van der Waals surface area contributed by atoms with E-state index >= 15 is 0 Å². The van der Waals surface area contributed by atoms with Crippen molar-refractivity contribution < 1.29 is 4.79 Å². The minimum atomic E-state index is -0.518. The molecule has 0 fully saturated rings. The number of carbonyl (C=O) groups excluding carboxylic acids is 1.